The third-order valence-corrected chi connectivity index (χ3v) is 6.79. The minimum Gasteiger partial charge on any atom is -0.393 e. The van der Waals surface area contributed by atoms with Gasteiger partial charge in [0.2, 0.25) is 5.91 Å². The smallest absolute Gasteiger partial charge is 0.243 e. The van der Waals surface area contributed by atoms with E-state index in [4.69, 9.17) is 10.5 Å². The summed E-state index contributed by atoms with van der Waals surface area (Å²) in [5.41, 5.74) is 9.59. The van der Waals surface area contributed by atoms with E-state index in [9.17, 15) is 15.0 Å². The largest absolute Gasteiger partial charge is 0.393 e. The predicted molar refractivity (Wildman–Crippen MR) is 109 cm³/mol. The van der Waals surface area contributed by atoms with Gasteiger partial charge in [-0.2, -0.15) is 0 Å². The lowest BCUT2D eigenvalue weighted by atomic mass is 9.63. The maximum Gasteiger partial charge on any atom is 0.243 e. The number of hydrogen-bond acceptors (Lipinski definition) is 4. The topological polar surface area (TPSA) is 92.8 Å². The Morgan fingerprint density at radius 1 is 1.46 bits per heavy atom. The molecule has 0 aromatic heterocycles. The van der Waals surface area contributed by atoms with Gasteiger partial charge in [-0.3, -0.25) is 4.79 Å². The number of allylic oxidation sites excluding steroid dienone is 4. The van der Waals surface area contributed by atoms with Gasteiger partial charge in [0.25, 0.3) is 0 Å². The van der Waals surface area contributed by atoms with E-state index in [1.807, 2.05) is 13.0 Å². The first-order valence-corrected chi connectivity index (χ1v) is 10.3. The van der Waals surface area contributed by atoms with Crippen LogP contribution in [0.1, 0.15) is 52.4 Å². The summed E-state index contributed by atoms with van der Waals surface area (Å²) in [5.74, 6) is -0.0282. The zero-order valence-electron chi connectivity index (χ0n) is 17.0. The van der Waals surface area contributed by atoms with E-state index in [-0.39, 0.29) is 18.1 Å². The van der Waals surface area contributed by atoms with Crippen molar-refractivity contribution in [1.29, 1.82) is 0 Å². The molecule has 1 amide bonds. The summed E-state index contributed by atoms with van der Waals surface area (Å²) >= 11 is 0. The Labute approximate surface area is 167 Å². The maximum atomic E-state index is 11.1. The summed E-state index contributed by atoms with van der Waals surface area (Å²) in [4.78, 5) is 11.1. The first-order valence-electron chi connectivity index (χ1n) is 10.3. The van der Waals surface area contributed by atoms with Crippen LogP contribution in [0.25, 0.3) is 0 Å². The van der Waals surface area contributed by atoms with Crippen LogP contribution < -0.4 is 5.73 Å². The molecule has 0 heterocycles. The predicted octanol–water partition coefficient (Wildman–Crippen LogP) is 2.94. The van der Waals surface area contributed by atoms with Gasteiger partial charge in [0.15, 0.2) is 0 Å². The number of fused-ring (bicyclic) bond motifs is 1. The van der Waals surface area contributed by atoms with E-state index >= 15 is 0 Å². The molecule has 28 heavy (non-hydrogen) atoms. The second-order valence-corrected chi connectivity index (χ2v) is 8.71. The number of hydrogen-bond donors (Lipinski definition) is 3. The summed E-state index contributed by atoms with van der Waals surface area (Å²) in [5, 5.41) is 20.0. The first-order chi connectivity index (χ1) is 13.2. The van der Waals surface area contributed by atoms with Gasteiger partial charge in [0.05, 0.1) is 18.3 Å². The van der Waals surface area contributed by atoms with Crippen molar-refractivity contribution in [3.8, 4) is 0 Å². The molecule has 0 bridgehead atoms. The molecule has 154 valence electrons. The number of amides is 1. The minimum atomic E-state index is -0.659. The van der Waals surface area contributed by atoms with Gasteiger partial charge in [-0.05, 0) is 67.1 Å². The van der Waals surface area contributed by atoms with Crippen LogP contribution >= 0.6 is 0 Å². The van der Waals surface area contributed by atoms with E-state index in [1.54, 1.807) is 0 Å². The highest BCUT2D eigenvalue weighted by Crippen LogP contribution is 2.55. The zero-order valence-corrected chi connectivity index (χ0v) is 17.0. The molecule has 3 aliphatic carbocycles. The zero-order chi connectivity index (χ0) is 20.5. The molecule has 5 heteroatoms. The number of aliphatic hydroxyl groups is 2. The van der Waals surface area contributed by atoms with Crippen LogP contribution in [0.15, 0.2) is 47.1 Å². The fourth-order valence-electron chi connectivity index (χ4n) is 5.24. The molecule has 2 saturated carbocycles. The molecule has 0 spiro atoms. The quantitative estimate of drug-likeness (QED) is 0.633. The summed E-state index contributed by atoms with van der Waals surface area (Å²) in [7, 11) is 0. The molecule has 0 saturated heterocycles. The lowest BCUT2D eigenvalue weighted by Crippen LogP contribution is -2.35. The van der Waals surface area contributed by atoms with Crippen LogP contribution in [0, 0.1) is 11.3 Å². The second kappa shape index (κ2) is 8.36. The lowest BCUT2D eigenvalue weighted by molar-refractivity contribution is -0.123. The van der Waals surface area contributed by atoms with Crippen LogP contribution in [0.3, 0.4) is 0 Å². The van der Waals surface area contributed by atoms with Crippen molar-refractivity contribution in [2.45, 2.75) is 70.7 Å². The van der Waals surface area contributed by atoms with E-state index in [0.29, 0.717) is 18.8 Å². The van der Waals surface area contributed by atoms with Crippen molar-refractivity contribution in [1.82, 2.24) is 0 Å². The number of nitrogens with two attached hydrogens (primary N) is 1. The van der Waals surface area contributed by atoms with Crippen LogP contribution in [0.2, 0.25) is 0 Å². The van der Waals surface area contributed by atoms with E-state index in [0.717, 1.165) is 36.8 Å². The maximum absolute atomic E-state index is 11.1. The number of carbonyl (C=O) groups is 1. The van der Waals surface area contributed by atoms with Crippen molar-refractivity contribution < 1.29 is 19.7 Å². The third kappa shape index (κ3) is 4.17. The second-order valence-electron chi connectivity index (χ2n) is 8.71. The molecule has 1 unspecified atom stereocenters. The SMILES string of the molecule is C=C1C(=CC=C2CCC[C@]3(C)C([C@H](C)OCC(N)=O)=CCC23)C[C@@H](O)C[C@@H]1O. The van der Waals surface area contributed by atoms with Crippen LogP contribution in [0.4, 0.5) is 0 Å². The highest BCUT2D eigenvalue weighted by Gasteiger charge is 2.46. The normalized spacial score (nSPS) is 37.1. The average Bonchev–Trinajstić information content (AvgIpc) is 2.99. The summed E-state index contributed by atoms with van der Waals surface area (Å²) in [6.07, 6.45) is 10.3. The molecule has 2 fully saturated rings. The lowest BCUT2D eigenvalue weighted by Gasteiger charge is -2.42. The third-order valence-electron chi connectivity index (χ3n) is 6.79. The van der Waals surface area contributed by atoms with Gasteiger partial charge in [-0.1, -0.05) is 37.3 Å². The molecule has 4 N–H and O–H groups in total. The average molecular weight is 388 g/mol. The van der Waals surface area contributed by atoms with E-state index < -0.39 is 18.1 Å². The number of rotatable bonds is 5. The van der Waals surface area contributed by atoms with Crippen molar-refractivity contribution >= 4 is 5.91 Å². The summed E-state index contributed by atoms with van der Waals surface area (Å²) < 4.78 is 5.69. The molecule has 0 radical (unpaired) electrons. The molecule has 0 aliphatic heterocycles. The number of ether oxygens (including phenoxy) is 1. The molecule has 0 aromatic rings. The number of aliphatic hydroxyl groups excluding tert-OH is 2. The molecular weight excluding hydrogens is 354 g/mol. The van der Waals surface area contributed by atoms with Gasteiger partial charge in [-0.25, -0.2) is 0 Å². The Morgan fingerprint density at radius 3 is 2.93 bits per heavy atom. The Morgan fingerprint density at radius 2 is 2.21 bits per heavy atom. The minimum absolute atomic E-state index is 0.0300. The van der Waals surface area contributed by atoms with Gasteiger partial charge in [-0.15, -0.1) is 0 Å². The Balaban J connectivity index is 1.77. The Kier molecular flexibility index (Phi) is 6.28. The van der Waals surface area contributed by atoms with Crippen molar-refractivity contribution in [3.05, 3.63) is 47.1 Å². The van der Waals surface area contributed by atoms with Crippen molar-refractivity contribution in [2.75, 3.05) is 6.61 Å². The van der Waals surface area contributed by atoms with Gasteiger partial charge < -0.3 is 20.7 Å². The molecular formula is C23H33NO4. The van der Waals surface area contributed by atoms with Crippen molar-refractivity contribution in [2.24, 2.45) is 17.1 Å². The monoisotopic (exact) mass is 387 g/mol. The fraction of sp³-hybridized carbons (Fsp3) is 0.609. The Hall–Kier alpha value is -1.69. The van der Waals surface area contributed by atoms with Crippen LogP contribution in [-0.2, 0) is 9.53 Å². The molecule has 5 atom stereocenters. The first kappa shape index (κ1) is 21.0. The standard InChI is InChI=1S/C23H33NO4/c1-14-17(11-18(25)12-21(14)26)7-6-16-5-4-10-23(3)19(8-9-20(16)23)15(2)28-13-22(24)27/h6-8,15,18,20-21,25-26H,1,4-5,9-13H2,2-3H3,(H2,24,27)/t15-,18+,20?,21-,23+/m0/s1. The highest BCUT2D eigenvalue weighted by molar-refractivity contribution is 5.75. The summed E-state index contributed by atoms with van der Waals surface area (Å²) in [6.45, 7) is 8.24. The molecule has 0 aromatic carbocycles. The van der Waals surface area contributed by atoms with E-state index in [1.165, 1.54) is 11.1 Å². The molecule has 3 aliphatic rings. The van der Waals surface area contributed by atoms with Crippen LogP contribution in [-0.4, -0.2) is 41.0 Å². The highest BCUT2D eigenvalue weighted by atomic mass is 16.5. The Bertz CT molecular complexity index is 735. The van der Waals surface area contributed by atoms with Crippen molar-refractivity contribution in [3.63, 3.8) is 0 Å². The van der Waals surface area contributed by atoms with E-state index in [2.05, 4.69) is 25.7 Å². The molecule has 3 rings (SSSR count). The van der Waals surface area contributed by atoms with Crippen LogP contribution in [0.5, 0.6) is 0 Å². The van der Waals surface area contributed by atoms with Gasteiger partial charge in [0.1, 0.15) is 6.61 Å². The molecule has 5 nitrogen and oxygen atoms in total. The van der Waals surface area contributed by atoms with Gasteiger partial charge in [0, 0.05) is 6.42 Å². The fourth-order valence-corrected chi connectivity index (χ4v) is 5.24. The summed E-state index contributed by atoms with van der Waals surface area (Å²) in [6, 6.07) is 0. The number of carbonyl (C=O) groups excluding carboxylic acids is 1. The van der Waals surface area contributed by atoms with Gasteiger partial charge >= 0.3 is 0 Å². The number of primary amides is 1.